The average molecular weight is 500 g/mol. The first-order valence-electron chi connectivity index (χ1n) is 13.9. The molecule has 1 aliphatic heterocycles. The number of nitrogens with one attached hydrogen (secondary N) is 2. The van der Waals surface area contributed by atoms with Gasteiger partial charge in [-0.25, -0.2) is 0 Å². The second-order valence-electron chi connectivity index (χ2n) is 11.6. The van der Waals surface area contributed by atoms with Crippen molar-refractivity contribution in [2.24, 2.45) is 29.1 Å². The lowest BCUT2D eigenvalue weighted by molar-refractivity contribution is -0.143. The summed E-state index contributed by atoms with van der Waals surface area (Å²) in [5.41, 5.74) is 1.05. The molecular formula is C29H45N3O4. The van der Waals surface area contributed by atoms with Crippen molar-refractivity contribution in [2.45, 2.75) is 65.0 Å². The van der Waals surface area contributed by atoms with Crippen molar-refractivity contribution < 1.29 is 19.4 Å². The molecule has 7 atom stereocenters. The number of hydrogen-bond donors (Lipinski definition) is 3. The minimum atomic E-state index is -0.549. The molecule has 4 rings (SSSR count). The summed E-state index contributed by atoms with van der Waals surface area (Å²) in [5, 5.41) is 18.0. The van der Waals surface area contributed by atoms with Gasteiger partial charge in [-0.1, -0.05) is 51.1 Å². The summed E-state index contributed by atoms with van der Waals surface area (Å²) in [6, 6.07) is 9.86. The highest BCUT2D eigenvalue weighted by Gasteiger charge is 2.53. The van der Waals surface area contributed by atoms with Gasteiger partial charge >= 0.3 is 0 Å². The molecule has 2 saturated carbocycles. The van der Waals surface area contributed by atoms with Crippen molar-refractivity contribution in [1.29, 1.82) is 0 Å². The molecule has 7 unspecified atom stereocenters. The van der Waals surface area contributed by atoms with Gasteiger partial charge in [0.2, 0.25) is 11.8 Å². The van der Waals surface area contributed by atoms with Crippen LogP contribution in [0.2, 0.25) is 0 Å². The molecule has 200 valence electrons. The molecular weight excluding hydrogens is 454 g/mol. The van der Waals surface area contributed by atoms with E-state index in [1.54, 1.807) is 0 Å². The number of aliphatic hydroxyl groups excluding tert-OH is 1. The number of nitrogens with zero attached hydrogens (tertiary/aromatic N) is 1. The number of morpholine rings is 1. The average Bonchev–Trinajstić information content (AvgIpc) is 2.87. The highest BCUT2D eigenvalue weighted by molar-refractivity contribution is 5.79. The fourth-order valence-electron chi connectivity index (χ4n) is 7.05. The number of benzene rings is 1. The predicted molar refractivity (Wildman–Crippen MR) is 140 cm³/mol. The maximum atomic E-state index is 13.0. The number of fused-ring (bicyclic) bond motifs is 1. The number of carbonyl (C=O) groups is 2. The van der Waals surface area contributed by atoms with Crippen LogP contribution in [0, 0.1) is 29.1 Å². The quantitative estimate of drug-likeness (QED) is 0.512. The topological polar surface area (TPSA) is 90.9 Å². The lowest BCUT2D eigenvalue weighted by Crippen LogP contribution is -2.58. The van der Waals surface area contributed by atoms with Gasteiger partial charge in [-0.3, -0.25) is 14.5 Å². The Kier molecular flexibility index (Phi) is 9.07. The maximum absolute atomic E-state index is 13.0. The van der Waals surface area contributed by atoms with E-state index in [2.05, 4.69) is 29.4 Å². The van der Waals surface area contributed by atoms with Gasteiger partial charge in [0, 0.05) is 38.1 Å². The molecule has 1 heterocycles. The van der Waals surface area contributed by atoms with Crippen LogP contribution in [0.15, 0.2) is 30.3 Å². The minimum Gasteiger partial charge on any atom is -0.392 e. The SMILES string of the molecule is CC(C(=O)NCCN1CCOCC1)C1CCC2(C)CCC(NC(=O)Cc3ccccc3)C(C)C2C1O. The van der Waals surface area contributed by atoms with Crippen molar-refractivity contribution >= 4 is 11.8 Å². The van der Waals surface area contributed by atoms with Crippen molar-refractivity contribution in [1.82, 2.24) is 15.5 Å². The van der Waals surface area contributed by atoms with Gasteiger partial charge in [-0.15, -0.1) is 0 Å². The molecule has 3 fully saturated rings. The number of carbonyl (C=O) groups excluding carboxylic acids is 2. The van der Waals surface area contributed by atoms with Crippen molar-refractivity contribution in [3.63, 3.8) is 0 Å². The van der Waals surface area contributed by atoms with Crippen molar-refractivity contribution in [2.75, 3.05) is 39.4 Å². The van der Waals surface area contributed by atoms with Crippen LogP contribution in [-0.4, -0.2) is 73.4 Å². The van der Waals surface area contributed by atoms with Crippen molar-refractivity contribution in [3.8, 4) is 0 Å². The fourth-order valence-corrected chi connectivity index (χ4v) is 7.05. The van der Waals surface area contributed by atoms with Crippen LogP contribution in [0.4, 0.5) is 0 Å². The number of hydrogen-bond acceptors (Lipinski definition) is 5. The first-order chi connectivity index (χ1) is 17.3. The first kappa shape index (κ1) is 27.1. The van der Waals surface area contributed by atoms with Gasteiger partial charge in [0.15, 0.2) is 0 Å². The lowest BCUT2D eigenvalue weighted by Gasteiger charge is -2.56. The minimum absolute atomic E-state index is 0.0343. The molecule has 36 heavy (non-hydrogen) atoms. The molecule has 0 aromatic heterocycles. The summed E-state index contributed by atoms with van der Waals surface area (Å²) < 4.78 is 5.39. The maximum Gasteiger partial charge on any atom is 0.224 e. The summed E-state index contributed by atoms with van der Waals surface area (Å²) in [6.45, 7) is 11.2. The molecule has 0 bridgehead atoms. The molecule has 2 amide bonds. The second-order valence-corrected chi connectivity index (χ2v) is 11.6. The summed E-state index contributed by atoms with van der Waals surface area (Å²) in [7, 11) is 0. The Morgan fingerprint density at radius 3 is 2.58 bits per heavy atom. The van der Waals surface area contributed by atoms with E-state index in [0.29, 0.717) is 13.0 Å². The van der Waals surface area contributed by atoms with Gasteiger partial charge in [-0.05, 0) is 54.4 Å². The van der Waals surface area contributed by atoms with E-state index in [0.717, 1.165) is 64.1 Å². The Balaban J connectivity index is 1.33. The van der Waals surface area contributed by atoms with E-state index in [4.69, 9.17) is 4.74 Å². The molecule has 1 aromatic rings. The third-order valence-electron chi connectivity index (χ3n) is 9.33. The Bertz CT molecular complexity index is 875. The highest BCUT2D eigenvalue weighted by atomic mass is 16.5. The predicted octanol–water partition coefficient (Wildman–Crippen LogP) is 2.62. The summed E-state index contributed by atoms with van der Waals surface area (Å²) in [4.78, 5) is 28.1. The first-order valence-corrected chi connectivity index (χ1v) is 13.9. The molecule has 0 spiro atoms. The molecule has 3 N–H and O–H groups in total. The summed E-state index contributed by atoms with van der Waals surface area (Å²) in [5.74, 6) is -0.0146. The molecule has 0 radical (unpaired) electrons. The summed E-state index contributed by atoms with van der Waals surface area (Å²) in [6.07, 6.45) is 3.63. The van der Waals surface area contributed by atoms with Crippen LogP contribution in [-0.2, 0) is 20.7 Å². The van der Waals surface area contributed by atoms with E-state index < -0.39 is 6.10 Å². The Labute approximate surface area is 216 Å². The van der Waals surface area contributed by atoms with Crippen LogP contribution >= 0.6 is 0 Å². The van der Waals surface area contributed by atoms with Gasteiger partial charge in [0.25, 0.3) is 0 Å². The molecule has 1 saturated heterocycles. The smallest absolute Gasteiger partial charge is 0.224 e. The number of rotatable bonds is 8. The van der Waals surface area contributed by atoms with Crippen LogP contribution in [0.25, 0.3) is 0 Å². The van der Waals surface area contributed by atoms with E-state index in [1.165, 1.54) is 0 Å². The van der Waals surface area contributed by atoms with Gasteiger partial charge in [-0.2, -0.15) is 0 Å². The molecule has 7 nitrogen and oxygen atoms in total. The Morgan fingerprint density at radius 1 is 1.17 bits per heavy atom. The van der Waals surface area contributed by atoms with Gasteiger partial charge in [0.05, 0.1) is 25.7 Å². The highest BCUT2D eigenvalue weighted by Crippen LogP contribution is 2.55. The summed E-state index contributed by atoms with van der Waals surface area (Å²) >= 11 is 0. The van der Waals surface area contributed by atoms with Crippen LogP contribution in [0.3, 0.4) is 0 Å². The van der Waals surface area contributed by atoms with Crippen molar-refractivity contribution in [3.05, 3.63) is 35.9 Å². The van der Waals surface area contributed by atoms with Gasteiger partial charge < -0.3 is 20.5 Å². The standard InChI is InChI=1S/C29H45N3O4/c1-20(28(35)30-13-14-32-15-17-36-18-16-32)23-9-11-29(3)12-10-24(21(2)26(29)27(23)34)31-25(33)19-22-7-5-4-6-8-22/h4-8,20-21,23-24,26-27,34H,9-19H2,1-3H3,(H,30,35)(H,31,33). The largest absolute Gasteiger partial charge is 0.392 e. The third-order valence-corrected chi connectivity index (χ3v) is 9.33. The third kappa shape index (κ3) is 6.29. The Morgan fingerprint density at radius 2 is 1.86 bits per heavy atom. The zero-order valence-electron chi connectivity index (χ0n) is 22.2. The zero-order valence-corrected chi connectivity index (χ0v) is 22.2. The lowest BCUT2D eigenvalue weighted by atomic mass is 9.51. The number of amides is 2. The van der Waals surface area contributed by atoms with Crippen LogP contribution in [0.1, 0.15) is 52.0 Å². The molecule has 3 aliphatic rings. The van der Waals surface area contributed by atoms with E-state index >= 15 is 0 Å². The monoisotopic (exact) mass is 499 g/mol. The number of aliphatic hydroxyl groups is 1. The molecule has 2 aliphatic carbocycles. The van der Waals surface area contributed by atoms with Gasteiger partial charge in [0.1, 0.15) is 0 Å². The van der Waals surface area contributed by atoms with Crippen LogP contribution < -0.4 is 10.6 Å². The Hall–Kier alpha value is -1.96. The van der Waals surface area contributed by atoms with E-state index in [9.17, 15) is 14.7 Å². The zero-order chi connectivity index (χ0) is 25.7. The molecule has 7 heteroatoms. The van der Waals surface area contributed by atoms with E-state index in [1.807, 2.05) is 37.3 Å². The van der Waals surface area contributed by atoms with Crippen LogP contribution in [0.5, 0.6) is 0 Å². The normalized spacial score (nSPS) is 33.8. The number of ether oxygens (including phenoxy) is 1. The second kappa shape index (κ2) is 12.1. The van der Waals surface area contributed by atoms with E-state index in [-0.39, 0.29) is 46.9 Å². The fraction of sp³-hybridized carbons (Fsp3) is 0.724. The molecule has 1 aromatic carbocycles.